The third kappa shape index (κ3) is 4.19. The van der Waals surface area contributed by atoms with Crippen LogP contribution in [-0.2, 0) is 19.2 Å². The molecule has 124 valence electrons. The first-order chi connectivity index (χ1) is 10.3. The van der Waals surface area contributed by atoms with Crippen molar-refractivity contribution in [2.75, 3.05) is 26.2 Å². The Balaban J connectivity index is 2.63. The number of rotatable bonds is 7. The van der Waals surface area contributed by atoms with Crippen molar-refractivity contribution in [3.63, 3.8) is 0 Å². The molecule has 0 spiro atoms. The van der Waals surface area contributed by atoms with Gasteiger partial charge in [-0.1, -0.05) is 20.3 Å². The van der Waals surface area contributed by atoms with Crippen molar-refractivity contribution in [1.82, 2.24) is 15.1 Å². The molecule has 0 aromatic heterocycles. The van der Waals surface area contributed by atoms with Gasteiger partial charge in [0.25, 0.3) is 0 Å². The largest absolute Gasteiger partial charge is 0.480 e. The van der Waals surface area contributed by atoms with Gasteiger partial charge in [0.15, 0.2) is 0 Å². The number of aliphatic carboxylic acids is 1. The van der Waals surface area contributed by atoms with Crippen molar-refractivity contribution >= 4 is 23.7 Å². The Kier molecular flexibility index (Phi) is 6.33. The summed E-state index contributed by atoms with van der Waals surface area (Å²) in [5.74, 6) is -3.26. The summed E-state index contributed by atoms with van der Waals surface area (Å²) in [4.78, 5) is 49.3. The fourth-order valence-corrected chi connectivity index (χ4v) is 2.24. The molecule has 8 nitrogen and oxygen atoms in total. The molecule has 0 aliphatic carbocycles. The quantitative estimate of drug-likeness (QED) is 0.604. The van der Waals surface area contributed by atoms with Gasteiger partial charge in [0.1, 0.15) is 12.6 Å². The molecular weight excluding hydrogens is 290 g/mol. The van der Waals surface area contributed by atoms with Crippen LogP contribution >= 0.6 is 0 Å². The topological polar surface area (TPSA) is 107 Å². The summed E-state index contributed by atoms with van der Waals surface area (Å²) in [6.07, 6.45) is 0.601. The van der Waals surface area contributed by atoms with E-state index in [4.69, 9.17) is 5.11 Å². The first-order valence-electron chi connectivity index (χ1n) is 7.42. The lowest BCUT2D eigenvalue weighted by Gasteiger charge is -2.33. The summed E-state index contributed by atoms with van der Waals surface area (Å²) < 4.78 is 0. The van der Waals surface area contributed by atoms with Crippen LogP contribution < -0.4 is 5.32 Å². The maximum absolute atomic E-state index is 12.0. The van der Waals surface area contributed by atoms with Gasteiger partial charge in [-0.25, -0.2) is 4.79 Å². The molecule has 0 unspecified atom stereocenters. The van der Waals surface area contributed by atoms with Crippen LogP contribution in [0.5, 0.6) is 0 Å². The van der Waals surface area contributed by atoms with Crippen molar-refractivity contribution in [2.45, 2.75) is 33.2 Å². The number of hydrogen-bond acceptors (Lipinski definition) is 4. The molecule has 0 bridgehead atoms. The highest BCUT2D eigenvalue weighted by molar-refractivity contribution is 6.35. The molecule has 0 radical (unpaired) electrons. The minimum absolute atomic E-state index is 0.226. The van der Waals surface area contributed by atoms with Gasteiger partial charge in [-0.3, -0.25) is 14.4 Å². The van der Waals surface area contributed by atoms with Crippen LogP contribution in [0.3, 0.4) is 0 Å². The zero-order valence-electron chi connectivity index (χ0n) is 13.2. The van der Waals surface area contributed by atoms with E-state index in [1.54, 1.807) is 13.8 Å². The second-order valence-electron chi connectivity index (χ2n) is 5.38. The first-order valence-corrected chi connectivity index (χ1v) is 7.42. The molecule has 1 rings (SSSR count). The van der Waals surface area contributed by atoms with Crippen LogP contribution in [0, 0.1) is 5.92 Å². The number of carbonyl (C=O) groups is 4. The Labute approximate surface area is 129 Å². The number of likely N-dealkylation sites (N-methyl/N-ethyl adjacent to an activating group) is 1. The second-order valence-corrected chi connectivity index (χ2v) is 5.38. The monoisotopic (exact) mass is 313 g/mol. The highest BCUT2D eigenvalue weighted by Crippen LogP contribution is 2.09. The van der Waals surface area contributed by atoms with Gasteiger partial charge in [0.2, 0.25) is 5.91 Å². The minimum atomic E-state index is -1.11. The van der Waals surface area contributed by atoms with Crippen molar-refractivity contribution in [2.24, 2.45) is 5.92 Å². The molecule has 0 aromatic carbocycles. The number of carbonyl (C=O) groups excluding carboxylic acids is 3. The van der Waals surface area contributed by atoms with E-state index in [1.807, 2.05) is 6.92 Å². The predicted octanol–water partition coefficient (Wildman–Crippen LogP) is -0.707. The first kappa shape index (κ1) is 17.9. The van der Waals surface area contributed by atoms with E-state index in [2.05, 4.69) is 5.32 Å². The van der Waals surface area contributed by atoms with Crippen molar-refractivity contribution < 1.29 is 24.3 Å². The van der Waals surface area contributed by atoms with Gasteiger partial charge >= 0.3 is 17.8 Å². The summed E-state index contributed by atoms with van der Waals surface area (Å²) in [7, 11) is 0. The minimum Gasteiger partial charge on any atom is -0.480 e. The van der Waals surface area contributed by atoms with Crippen LogP contribution in [0.1, 0.15) is 27.2 Å². The normalized spacial score (nSPS) is 18.1. The van der Waals surface area contributed by atoms with E-state index in [0.29, 0.717) is 19.5 Å². The van der Waals surface area contributed by atoms with E-state index < -0.39 is 29.7 Å². The average molecular weight is 313 g/mol. The average Bonchev–Trinajstić information content (AvgIpc) is 2.48. The number of carboxylic acids is 1. The van der Waals surface area contributed by atoms with E-state index in [1.165, 1.54) is 4.90 Å². The smallest absolute Gasteiger partial charge is 0.326 e. The van der Waals surface area contributed by atoms with Crippen LogP contribution in [0.15, 0.2) is 0 Å². The van der Waals surface area contributed by atoms with Gasteiger partial charge in [-0.2, -0.15) is 0 Å². The third-order valence-corrected chi connectivity index (χ3v) is 3.91. The zero-order valence-corrected chi connectivity index (χ0v) is 13.2. The summed E-state index contributed by atoms with van der Waals surface area (Å²) >= 11 is 0. The summed E-state index contributed by atoms with van der Waals surface area (Å²) in [5, 5.41) is 11.6. The standard InChI is InChI=1S/C14H23N3O5/c1-4-9(3)11(14(21)22)15-10(18)8-17-7-6-16(5-2)12(19)13(17)20/h9,11H,4-8H2,1-3H3,(H,15,18)(H,21,22)/t9-,11-/m0/s1. The molecular formula is C14H23N3O5. The highest BCUT2D eigenvalue weighted by atomic mass is 16.4. The van der Waals surface area contributed by atoms with Crippen molar-refractivity contribution in [3.8, 4) is 0 Å². The Morgan fingerprint density at radius 3 is 2.23 bits per heavy atom. The summed E-state index contributed by atoms with van der Waals surface area (Å²) in [6.45, 7) is 6.13. The van der Waals surface area contributed by atoms with E-state index in [-0.39, 0.29) is 19.0 Å². The number of amides is 3. The predicted molar refractivity (Wildman–Crippen MR) is 77.9 cm³/mol. The van der Waals surface area contributed by atoms with Gasteiger partial charge < -0.3 is 20.2 Å². The molecule has 2 atom stereocenters. The van der Waals surface area contributed by atoms with Crippen LogP contribution in [-0.4, -0.2) is 70.8 Å². The van der Waals surface area contributed by atoms with Gasteiger partial charge in [-0.05, 0) is 12.8 Å². The zero-order chi connectivity index (χ0) is 16.9. The van der Waals surface area contributed by atoms with Gasteiger partial charge in [0.05, 0.1) is 0 Å². The van der Waals surface area contributed by atoms with E-state index in [9.17, 15) is 19.2 Å². The Bertz CT molecular complexity index is 465. The number of hydrogen-bond donors (Lipinski definition) is 2. The number of nitrogens with one attached hydrogen (secondary N) is 1. The molecule has 1 heterocycles. The Morgan fingerprint density at radius 1 is 1.18 bits per heavy atom. The molecule has 8 heteroatoms. The van der Waals surface area contributed by atoms with Crippen molar-refractivity contribution in [1.29, 1.82) is 0 Å². The molecule has 0 aromatic rings. The van der Waals surface area contributed by atoms with Crippen LogP contribution in [0.2, 0.25) is 0 Å². The Hall–Kier alpha value is -2.12. The van der Waals surface area contributed by atoms with Crippen LogP contribution in [0.25, 0.3) is 0 Å². The fraction of sp³-hybridized carbons (Fsp3) is 0.714. The number of nitrogens with zero attached hydrogens (tertiary/aromatic N) is 2. The maximum Gasteiger partial charge on any atom is 0.326 e. The third-order valence-electron chi connectivity index (χ3n) is 3.91. The molecule has 1 fully saturated rings. The molecule has 1 aliphatic rings. The second kappa shape index (κ2) is 7.77. The summed E-state index contributed by atoms with van der Waals surface area (Å²) in [5.41, 5.74) is 0. The lowest BCUT2D eigenvalue weighted by Crippen LogP contribution is -2.57. The lowest BCUT2D eigenvalue weighted by atomic mass is 9.99. The number of carboxylic acid groups (broad SMARTS) is 1. The Morgan fingerprint density at radius 2 is 1.73 bits per heavy atom. The molecule has 22 heavy (non-hydrogen) atoms. The molecule has 0 saturated carbocycles. The SMILES string of the molecule is CC[C@H](C)[C@H](NC(=O)CN1CCN(CC)C(=O)C1=O)C(=O)O. The molecule has 1 saturated heterocycles. The highest BCUT2D eigenvalue weighted by Gasteiger charge is 2.33. The van der Waals surface area contributed by atoms with Crippen molar-refractivity contribution in [3.05, 3.63) is 0 Å². The van der Waals surface area contributed by atoms with Gasteiger partial charge in [0, 0.05) is 19.6 Å². The fourth-order valence-electron chi connectivity index (χ4n) is 2.24. The molecule has 2 N–H and O–H groups in total. The maximum atomic E-state index is 12.0. The molecule has 3 amide bonds. The lowest BCUT2D eigenvalue weighted by molar-refractivity contribution is -0.157. The van der Waals surface area contributed by atoms with E-state index in [0.717, 1.165) is 4.90 Å². The van der Waals surface area contributed by atoms with Crippen LogP contribution in [0.4, 0.5) is 0 Å². The van der Waals surface area contributed by atoms with Gasteiger partial charge in [-0.15, -0.1) is 0 Å². The summed E-state index contributed by atoms with van der Waals surface area (Å²) in [6, 6.07) is -1.000. The number of piperazine rings is 1. The molecule has 1 aliphatic heterocycles. The van der Waals surface area contributed by atoms with E-state index >= 15 is 0 Å².